The molecule has 21 heavy (non-hydrogen) atoms. The van der Waals surface area contributed by atoms with Crippen molar-refractivity contribution in [3.63, 3.8) is 0 Å². The van der Waals surface area contributed by atoms with Gasteiger partial charge in [0.15, 0.2) is 6.29 Å². The highest BCUT2D eigenvalue weighted by atomic mass is 16.7. The van der Waals surface area contributed by atoms with Crippen LogP contribution in [0, 0.1) is 0 Å². The lowest BCUT2D eigenvalue weighted by molar-refractivity contribution is -0.107. The van der Waals surface area contributed by atoms with Crippen LogP contribution in [0.2, 0.25) is 0 Å². The summed E-state index contributed by atoms with van der Waals surface area (Å²) in [4.78, 5) is 0. The molecule has 0 saturated carbocycles. The van der Waals surface area contributed by atoms with E-state index in [2.05, 4.69) is 12.2 Å². The maximum absolute atomic E-state index is 8.63. The van der Waals surface area contributed by atoms with Crippen LogP contribution in [-0.2, 0) is 9.47 Å². The summed E-state index contributed by atoms with van der Waals surface area (Å²) >= 11 is 0. The minimum absolute atomic E-state index is 0.0172. The summed E-state index contributed by atoms with van der Waals surface area (Å²) in [7, 11) is 3.41. The highest BCUT2D eigenvalue weighted by molar-refractivity contribution is 4.80. The Labute approximate surface area is 131 Å². The molecule has 3 heteroatoms. The third-order valence-corrected chi connectivity index (χ3v) is 3.80. The quantitative estimate of drug-likeness (QED) is 0.252. The first-order valence-electron chi connectivity index (χ1n) is 8.66. The molecule has 126 valence electrons. The highest BCUT2D eigenvalue weighted by Gasteiger charge is 2.03. The molecule has 0 aliphatic carbocycles. The molecule has 0 bridgehead atoms. The van der Waals surface area contributed by atoms with E-state index in [1.165, 1.54) is 64.2 Å². The molecule has 0 amide bonds. The number of methoxy groups -OCH3 is 2. The second-order valence-electron chi connectivity index (χ2n) is 5.64. The third kappa shape index (κ3) is 15.8. The van der Waals surface area contributed by atoms with Crippen LogP contribution in [-0.4, -0.2) is 32.2 Å². The van der Waals surface area contributed by atoms with Crippen LogP contribution in [0.15, 0.2) is 12.2 Å². The fourth-order valence-corrected chi connectivity index (χ4v) is 2.45. The van der Waals surface area contributed by atoms with E-state index < -0.39 is 0 Å². The van der Waals surface area contributed by atoms with Gasteiger partial charge in [0.05, 0.1) is 0 Å². The molecule has 0 aromatic rings. The van der Waals surface area contributed by atoms with Crippen LogP contribution in [0.3, 0.4) is 0 Å². The van der Waals surface area contributed by atoms with Gasteiger partial charge in [0.2, 0.25) is 0 Å². The van der Waals surface area contributed by atoms with Crippen molar-refractivity contribution in [2.45, 2.75) is 83.3 Å². The SMILES string of the molecule is COC(CCCCCCCCCCC/C=C\CCO)OC. The number of ether oxygens (including phenoxy) is 2. The molecule has 0 radical (unpaired) electrons. The van der Waals surface area contributed by atoms with E-state index in [4.69, 9.17) is 14.6 Å². The van der Waals surface area contributed by atoms with Crippen molar-refractivity contribution in [3.05, 3.63) is 12.2 Å². The van der Waals surface area contributed by atoms with Crippen molar-refractivity contribution in [1.29, 1.82) is 0 Å². The predicted octanol–water partition coefficient (Wildman–Crippen LogP) is 4.84. The van der Waals surface area contributed by atoms with E-state index >= 15 is 0 Å². The van der Waals surface area contributed by atoms with E-state index in [1.54, 1.807) is 14.2 Å². The molecule has 3 nitrogen and oxygen atoms in total. The van der Waals surface area contributed by atoms with Gasteiger partial charge in [-0.05, 0) is 32.1 Å². The maximum atomic E-state index is 8.63. The fraction of sp³-hybridized carbons (Fsp3) is 0.889. The Hall–Kier alpha value is -0.380. The zero-order chi connectivity index (χ0) is 15.6. The lowest BCUT2D eigenvalue weighted by atomic mass is 10.1. The zero-order valence-corrected chi connectivity index (χ0v) is 14.2. The van der Waals surface area contributed by atoms with Gasteiger partial charge in [-0.15, -0.1) is 0 Å². The van der Waals surface area contributed by atoms with Crippen molar-refractivity contribution in [3.8, 4) is 0 Å². The van der Waals surface area contributed by atoms with E-state index in [9.17, 15) is 0 Å². The average molecular weight is 300 g/mol. The van der Waals surface area contributed by atoms with Crippen LogP contribution in [0.1, 0.15) is 77.0 Å². The van der Waals surface area contributed by atoms with Crippen LogP contribution < -0.4 is 0 Å². The van der Waals surface area contributed by atoms with Gasteiger partial charge in [-0.25, -0.2) is 0 Å². The summed E-state index contributed by atoms with van der Waals surface area (Å²) in [6.45, 7) is 0.272. The molecule has 0 atom stereocenters. The summed E-state index contributed by atoms with van der Waals surface area (Å²) in [5.74, 6) is 0. The van der Waals surface area contributed by atoms with Crippen molar-refractivity contribution in [2.75, 3.05) is 20.8 Å². The number of unbranched alkanes of at least 4 members (excludes halogenated alkanes) is 9. The minimum atomic E-state index is -0.0172. The number of rotatable bonds is 16. The Balaban J connectivity index is 3.09. The number of aliphatic hydroxyl groups is 1. The van der Waals surface area contributed by atoms with Gasteiger partial charge < -0.3 is 14.6 Å². The van der Waals surface area contributed by atoms with Gasteiger partial charge in [-0.3, -0.25) is 0 Å². The monoisotopic (exact) mass is 300 g/mol. The molecule has 0 unspecified atom stereocenters. The topological polar surface area (TPSA) is 38.7 Å². The van der Waals surface area contributed by atoms with Gasteiger partial charge in [-0.2, -0.15) is 0 Å². The molecule has 1 N–H and O–H groups in total. The summed E-state index contributed by atoms with van der Waals surface area (Å²) in [6.07, 6.45) is 19.2. The molecular weight excluding hydrogens is 264 g/mol. The Morgan fingerprint density at radius 3 is 1.71 bits per heavy atom. The number of hydrogen-bond acceptors (Lipinski definition) is 3. The molecule has 0 spiro atoms. The van der Waals surface area contributed by atoms with E-state index in [1.807, 2.05) is 0 Å². The van der Waals surface area contributed by atoms with Gasteiger partial charge in [0, 0.05) is 20.8 Å². The van der Waals surface area contributed by atoms with E-state index in [0.29, 0.717) is 0 Å². The first kappa shape index (κ1) is 20.6. The smallest absolute Gasteiger partial charge is 0.156 e. The average Bonchev–Trinajstić information content (AvgIpc) is 2.51. The van der Waals surface area contributed by atoms with Crippen molar-refractivity contribution >= 4 is 0 Å². The van der Waals surface area contributed by atoms with Gasteiger partial charge in [0.1, 0.15) is 0 Å². The molecule has 0 aliphatic heterocycles. The molecule has 0 heterocycles. The Morgan fingerprint density at radius 1 is 0.714 bits per heavy atom. The van der Waals surface area contributed by atoms with E-state index in [0.717, 1.165) is 12.8 Å². The zero-order valence-electron chi connectivity index (χ0n) is 14.2. The van der Waals surface area contributed by atoms with Crippen molar-refractivity contribution < 1.29 is 14.6 Å². The molecule has 0 fully saturated rings. The van der Waals surface area contributed by atoms with Crippen LogP contribution in [0.4, 0.5) is 0 Å². The second kappa shape index (κ2) is 17.7. The standard InChI is InChI=1S/C18H36O3/c1-20-18(21-2)16-14-12-10-8-6-4-3-5-7-9-11-13-15-17-19/h11,13,18-19H,3-10,12,14-17H2,1-2H3/b13-11-. The molecule has 0 saturated heterocycles. The summed E-state index contributed by atoms with van der Waals surface area (Å²) in [5, 5.41) is 8.63. The van der Waals surface area contributed by atoms with Crippen molar-refractivity contribution in [1.82, 2.24) is 0 Å². The third-order valence-electron chi connectivity index (χ3n) is 3.80. The van der Waals surface area contributed by atoms with Gasteiger partial charge in [-0.1, -0.05) is 57.1 Å². The second-order valence-corrected chi connectivity index (χ2v) is 5.64. The fourth-order valence-electron chi connectivity index (χ4n) is 2.45. The number of hydrogen-bond donors (Lipinski definition) is 1. The summed E-state index contributed by atoms with van der Waals surface area (Å²) in [6, 6.07) is 0. The number of allylic oxidation sites excluding steroid dienone is 1. The molecular formula is C18H36O3. The highest BCUT2D eigenvalue weighted by Crippen LogP contribution is 2.13. The lowest BCUT2D eigenvalue weighted by Crippen LogP contribution is -2.12. The van der Waals surface area contributed by atoms with Crippen LogP contribution in [0.25, 0.3) is 0 Å². The molecule has 0 aromatic heterocycles. The van der Waals surface area contributed by atoms with E-state index in [-0.39, 0.29) is 12.9 Å². The molecule has 0 aliphatic rings. The summed E-state index contributed by atoms with van der Waals surface area (Å²) in [5.41, 5.74) is 0. The van der Waals surface area contributed by atoms with Gasteiger partial charge in [0.25, 0.3) is 0 Å². The predicted molar refractivity (Wildman–Crippen MR) is 89.4 cm³/mol. The minimum Gasteiger partial charge on any atom is -0.396 e. The van der Waals surface area contributed by atoms with Crippen LogP contribution >= 0.6 is 0 Å². The first-order chi connectivity index (χ1) is 10.3. The number of aliphatic hydroxyl groups excluding tert-OH is 1. The molecule has 0 aromatic carbocycles. The van der Waals surface area contributed by atoms with Gasteiger partial charge >= 0.3 is 0 Å². The largest absolute Gasteiger partial charge is 0.396 e. The Morgan fingerprint density at radius 2 is 1.19 bits per heavy atom. The van der Waals surface area contributed by atoms with Crippen molar-refractivity contribution in [2.24, 2.45) is 0 Å². The lowest BCUT2D eigenvalue weighted by Gasteiger charge is -2.12. The Bertz CT molecular complexity index is 213. The van der Waals surface area contributed by atoms with Crippen LogP contribution in [0.5, 0.6) is 0 Å². The first-order valence-corrected chi connectivity index (χ1v) is 8.66. The molecule has 0 rings (SSSR count). The Kier molecular flexibility index (Phi) is 17.4. The normalized spacial score (nSPS) is 11.8. The summed E-state index contributed by atoms with van der Waals surface area (Å²) < 4.78 is 10.3. The maximum Gasteiger partial charge on any atom is 0.156 e.